The molecule has 6 aromatic carbocycles. The summed E-state index contributed by atoms with van der Waals surface area (Å²) in [6.07, 6.45) is 5.43. The zero-order chi connectivity index (χ0) is 29.5. The van der Waals surface area contributed by atoms with Crippen molar-refractivity contribution < 1.29 is 0 Å². The molecule has 10 rings (SSSR count). The van der Waals surface area contributed by atoms with Crippen LogP contribution in [0.3, 0.4) is 0 Å². The number of hydrogen-bond acceptors (Lipinski definition) is 2. The molecule has 3 aliphatic rings. The minimum absolute atomic E-state index is 0.154. The first-order chi connectivity index (χ1) is 22.3. The highest BCUT2D eigenvalue weighted by Crippen LogP contribution is 2.67. The van der Waals surface area contributed by atoms with Crippen LogP contribution >= 0.6 is 11.3 Å². The third-order valence-corrected chi connectivity index (χ3v) is 12.3. The van der Waals surface area contributed by atoms with Crippen LogP contribution in [0.4, 0.5) is 17.1 Å². The highest BCUT2D eigenvalue weighted by molar-refractivity contribution is 7.25. The molecule has 0 radical (unpaired) electrons. The molecular formula is C43H33NS. The lowest BCUT2D eigenvalue weighted by molar-refractivity contribution is 0.327. The van der Waals surface area contributed by atoms with Crippen LogP contribution in [0.5, 0.6) is 0 Å². The molecule has 1 aromatic heterocycles. The topological polar surface area (TPSA) is 3.24 Å². The van der Waals surface area contributed by atoms with E-state index in [1.165, 1.54) is 85.2 Å². The Bertz CT molecular complexity index is 2240. The number of thiophene rings is 1. The molecule has 216 valence electrons. The number of anilines is 3. The summed E-state index contributed by atoms with van der Waals surface area (Å²) in [5, 5.41) is 2.67. The Kier molecular flexibility index (Phi) is 5.51. The second-order valence-corrected chi connectivity index (χ2v) is 14.4. The zero-order valence-electron chi connectivity index (χ0n) is 25.1. The molecule has 2 saturated carbocycles. The van der Waals surface area contributed by atoms with Crippen molar-refractivity contribution in [1.29, 1.82) is 0 Å². The maximum absolute atomic E-state index is 2.53. The molecule has 2 heteroatoms. The summed E-state index contributed by atoms with van der Waals surface area (Å²) in [7, 11) is 0. The predicted molar refractivity (Wildman–Crippen MR) is 191 cm³/mol. The molecule has 1 nitrogen and oxygen atoms in total. The average molecular weight is 596 g/mol. The lowest BCUT2D eigenvalue weighted by Gasteiger charge is -2.37. The maximum Gasteiger partial charge on any atom is 0.0543 e. The van der Waals surface area contributed by atoms with Crippen molar-refractivity contribution in [2.75, 3.05) is 4.90 Å². The molecule has 0 amide bonds. The van der Waals surface area contributed by atoms with E-state index >= 15 is 0 Å². The van der Waals surface area contributed by atoms with Gasteiger partial charge < -0.3 is 4.90 Å². The first kappa shape index (κ1) is 25.6. The van der Waals surface area contributed by atoms with Gasteiger partial charge in [-0.25, -0.2) is 0 Å². The van der Waals surface area contributed by atoms with E-state index in [-0.39, 0.29) is 5.41 Å². The lowest BCUT2D eigenvalue weighted by atomic mass is 9.67. The first-order valence-electron chi connectivity index (χ1n) is 16.4. The van der Waals surface area contributed by atoms with Gasteiger partial charge in [0.25, 0.3) is 0 Å². The Hall–Kier alpha value is -4.66. The van der Waals surface area contributed by atoms with E-state index in [4.69, 9.17) is 0 Å². The van der Waals surface area contributed by atoms with E-state index in [1.807, 2.05) is 11.3 Å². The van der Waals surface area contributed by atoms with Crippen LogP contribution in [0.15, 0.2) is 140 Å². The van der Waals surface area contributed by atoms with Crippen LogP contribution in [0.25, 0.3) is 42.4 Å². The highest BCUT2D eigenvalue weighted by Gasteiger charge is 2.57. The molecule has 7 aromatic rings. The van der Waals surface area contributed by atoms with E-state index in [0.717, 1.165) is 11.8 Å². The minimum atomic E-state index is 0.154. The molecule has 45 heavy (non-hydrogen) atoms. The van der Waals surface area contributed by atoms with Gasteiger partial charge in [-0.1, -0.05) is 103 Å². The summed E-state index contributed by atoms with van der Waals surface area (Å²) < 4.78 is 2.68. The lowest BCUT2D eigenvalue weighted by Crippen LogP contribution is -2.31. The third kappa shape index (κ3) is 3.66. The molecule has 0 N–H and O–H groups in total. The number of hydrogen-bond donors (Lipinski definition) is 0. The van der Waals surface area contributed by atoms with Gasteiger partial charge in [0.15, 0.2) is 0 Å². The van der Waals surface area contributed by atoms with Gasteiger partial charge >= 0.3 is 0 Å². The molecule has 1 spiro atoms. The first-order valence-corrected chi connectivity index (χ1v) is 17.2. The molecule has 0 aliphatic heterocycles. The van der Waals surface area contributed by atoms with Gasteiger partial charge in [0.05, 0.1) is 5.69 Å². The Labute approximate surface area is 268 Å². The van der Waals surface area contributed by atoms with Gasteiger partial charge in [0.1, 0.15) is 0 Å². The molecule has 2 bridgehead atoms. The van der Waals surface area contributed by atoms with Crippen molar-refractivity contribution in [3.8, 4) is 22.3 Å². The third-order valence-electron chi connectivity index (χ3n) is 11.1. The number of fused-ring (bicyclic) bond motifs is 11. The fraction of sp³-hybridized carbons (Fsp3) is 0.163. The summed E-state index contributed by atoms with van der Waals surface area (Å²) >= 11 is 1.89. The summed E-state index contributed by atoms with van der Waals surface area (Å²) in [5.74, 6) is 1.60. The van der Waals surface area contributed by atoms with Gasteiger partial charge in [-0.15, -0.1) is 11.3 Å². The van der Waals surface area contributed by atoms with Crippen molar-refractivity contribution in [2.45, 2.75) is 31.1 Å². The van der Waals surface area contributed by atoms with Crippen LogP contribution in [0.2, 0.25) is 0 Å². The van der Waals surface area contributed by atoms with Crippen molar-refractivity contribution in [3.05, 3.63) is 151 Å². The van der Waals surface area contributed by atoms with Crippen LogP contribution in [-0.2, 0) is 5.41 Å². The van der Waals surface area contributed by atoms with E-state index < -0.39 is 0 Å². The Morgan fingerprint density at radius 3 is 2.16 bits per heavy atom. The van der Waals surface area contributed by atoms with Crippen LogP contribution in [0, 0.1) is 11.8 Å². The fourth-order valence-electron chi connectivity index (χ4n) is 9.32. The van der Waals surface area contributed by atoms with E-state index in [2.05, 4.69) is 144 Å². The smallest absolute Gasteiger partial charge is 0.0543 e. The van der Waals surface area contributed by atoms with Crippen LogP contribution < -0.4 is 4.90 Å². The van der Waals surface area contributed by atoms with Gasteiger partial charge in [-0.05, 0) is 101 Å². The molecule has 3 unspecified atom stereocenters. The van der Waals surface area contributed by atoms with Gasteiger partial charge in [0, 0.05) is 42.5 Å². The second-order valence-electron chi connectivity index (χ2n) is 13.3. The molecule has 1 heterocycles. The van der Waals surface area contributed by atoms with Crippen molar-refractivity contribution >= 4 is 48.6 Å². The summed E-state index contributed by atoms with van der Waals surface area (Å²) in [6, 6.07) is 52.3. The van der Waals surface area contributed by atoms with Crippen LogP contribution in [0.1, 0.15) is 36.8 Å². The number of benzene rings is 6. The quantitative estimate of drug-likeness (QED) is 0.196. The SMILES string of the molecule is c1ccc(-c2ccc(N(c3ccc4sc5ccccc5c4c3)c3cccc4c3-c3ccccc3C43CC4CCC3C4)cc2)cc1. The van der Waals surface area contributed by atoms with Gasteiger partial charge in [0.2, 0.25) is 0 Å². The predicted octanol–water partition coefficient (Wildman–Crippen LogP) is 12.3. The molecule has 3 aliphatic carbocycles. The monoisotopic (exact) mass is 595 g/mol. The molecular weight excluding hydrogens is 563 g/mol. The Balaban J connectivity index is 1.22. The maximum atomic E-state index is 2.53. The van der Waals surface area contributed by atoms with E-state index in [0.29, 0.717) is 0 Å². The highest BCUT2D eigenvalue weighted by atomic mass is 32.1. The van der Waals surface area contributed by atoms with E-state index in [9.17, 15) is 0 Å². The van der Waals surface area contributed by atoms with E-state index in [1.54, 1.807) is 11.1 Å². The van der Waals surface area contributed by atoms with Gasteiger partial charge in [-0.3, -0.25) is 0 Å². The largest absolute Gasteiger partial charge is 0.310 e. The van der Waals surface area contributed by atoms with Gasteiger partial charge in [-0.2, -0.15) is 0 Å². The number of rotatable bonds is 4. The number of nitrogens with zero attached hydrogens (tertiary/aromatic N) is 1. The Morgan fingerprint density at radius 2 is 1.31 bits per heavy atom. The zero-order valence-corrected chi connectivity index (χ0v) is 25.9. The van der Waals surface area contributed by atoms with Crippen molar-refractivity contribution in [1.82, 2.24) is 0 Å². The van der Waals surface area contributed by atoms with Crippen LogP contribution in [-0.4, -0.2) is 0 Å². The summed E-state index contributed by atoms with van der Waals surface area (Å²) in [6.45, 7) is 0. The normalized spacial score (nSPS) is 21.1. The molecule has 3 atom stereocenters. The second kappa shape index (κ2) is 9.67. The Morgan fingerprint density at radius 1 is 0.578 bits per heavy atom. The summed E-state index contributed by atoms with van der Waals surface area (Å²) in [5.41, 5.74) is 12.3. The minimum Gasteiger partial charge on any atom is -0.310 e. The fourth-order valence-corrected chi connectivity index (χ4v) is 10.4. The van der Waals surface area contributed by atoms with Crippen molar-refractivity contribution in [2.24, 2.45) is 11.8 Å². The molecule has 0 saturated heterocycles. The standard InChI is InChI=1S/C43H33NS/c1-2-9-29(10-3-1)30-18-21-32(22-19-30)44(33-23-24-41-36(26-33)34-11-5-7-16-40(34)45-41)39-15-8-14-38-42(39)35-12-4-6-13-37(35)43(38)27-28-17-20-31(43)25-28/h1-16,18-19,21-24,26,28,31H,17,20,25,27H2. The van der Waals surface area contributed by atoms with Crippen molar-refractivity contribution in [3.63, 3.8) is 0 Å². The average Bonchev–Trinajstić information content (AvgIpc) is 3.88. The summed E-state index contributed by atoms with van der Waals surface area (Å²) in [4.78, 5) is 2.53. The molecule has 2 fully saturated rings.